The predicted molar refractivity (Wildman–Crippen MR) is 88.7 cm³/mol. The Morgan fingerprint density at radius 1 is 1.23 bits per heavy atom. The van der Waals surface area contributed by atoms with Gasteiger partial charge in [0.1, 0.15) is 5.69 Å². The van der Waals surface area contributed by atoms with Gasteiger partial charge in [0.2, 0.25) is 0 Å². The molecule has 0 saturated heterocycles. The van der Waals surface area contributed by atoms with E-state index < -0.39 is 17.8 Å². The van der Waals surface area contributed by atoms with Crippen molar-refractivity contribution in [3.8, 4) is 0 Å². The number of carbonyl (C=O) groups excluding carboxylic acids is 1. The third-order valence-corrected chi connectivity index (χ3v) is 3.76. The first-order chi connectivity index (χ1) is 12.2. The van der Waals surface area contributed by atoms with E-state index in [1.807, 2.05) is 31.2 Å². The topological polar surface area (TPSA) is 64.7 Å². The van der Waals surface area contributed by atoms with Gasteiger partial charge >= 0.3 is 6.18 Å². The number of benzene rings is 1. The maximum absolute atomic E-state index is 12.7. The second-order valence-electron chi connectivity index (χ2n) is 5.90. The molecule has 26 heavy (non-hydrogen) atoms. The molecule has 6 nitrogen and oxygen atoms in total. The molecule has 2 heterocycles. The van der Waals surface area contributed by atoms with Crippen molar-refractivity contribution in [3.05, 3.63) is 65.2 Å². The third-order valence-electron chi connectivity index (χ3n) is 3.76. The zero-order valence-corrected chi connectivity index (χ0v) is 14.1. The summed E-state index contributed by atoms with van der Waals surface area (Å²) in [4.78, 5) is 12.2. The van der Waals surface area contributed by atoms with Crippen LogP contribution >= 0.6 is 0 Å². The van der Waals surface area contributed by atoms with E-state index >= 15 is 0 Å². The van der Waals surface area contributed by atoms with Crippen molar-refractivity contribution >= 4 is 11.6 Å². The molecule has 1 aromatic carbocycles. The minimum Gasteiger partial charge on any atom is -0.318 e. The highest BCUT2D eigenvalue weighted by Gasteiger charge is 2.35. The molecular weight excluding hydrogens is 347 g/mol. The van der Waals surface area contributed by atoms with Crippen LogP contribution in [-0.4, -0.2) is 25.5 Å². The summed E-state index contributed by atoms with van der Waals surface area (Å²) in [5, 5.41) is 10.00. The second kappa shape index (κ2) is 6.66. The van der Waals surface area contributed by atoms with Crippen molar-refractivity contribution in [1.29, 1.82) is 0 Å². The van der Waals surface area contributed by atoms with Crippen molar-refractivity contribution in [2.75, 3.05) is 5.32 Å². The summed E-state index contributed by atoms with van der Waals surface area (Å²) in [5.74, 6) is -0.689. The molecule has 0 saturated carbocycles. The Hall–Kier alpha value is -3.10. The molecule has 136 valence electrons. The van der Waals surface area contributed by atoms with Gasteiger partial charge in [-0.1, -0.05) is 29.8 Å². The molecule has 2 aromatic heterocycles. The van der Waals surface area contributed by atoms with Crippen LogP contribution in [0.3, 0.4) is 0 Å². The standard InChI is InChI=1S/C17H16F3N5O/c1-11-3-5-12(6-4-11)9-25-10-13(8-21-25)22-16(26)14-7-15(17(18,19)20)23-24(14)2/h3-8,10H,9H2,1-2H3,(H,22,26). The predicted octanol–water partition coefficient (Wildman–Crippen LogP) is 3.24. The van der Waals surface area contributed by atoms with E-state index in [9.17, 15) is 18.0 Å². The van der Waals surface area contributed by atoms with E-state index in [4.69, 9.17) is 0 Å². The summed E-state index contributed by atoms with van der Waals surface area (Å²) in [5.41, 5.74) is 1.27. The summed E-state index contributed by atoms with van der Waals surface area (Å²) in [6.45, 7) is 2.51. The molecule has 0 spiro atoms. The summed E-state index contributed by atoms with van der Waals surface area (Å²) >= 11 is 0. The zero-order valence-electron chi connectivity index (χ0n) is 14.1. The monoisotopic (exact) mass is 363 g/mol. The molecule has 9 heteroatoms. The number of anilines is 1. The van der Waals surface area contributed by atoms with Crippen molar-refractivity contribution in [3.63, 3.8) is 0 Å². The highest BCUT2D eigenvalue weighted by Crippen LogP contribution is 2.28. The number of rotatable bonds is 4. The quantitative estimate of drug-likeness (QED) is 0.774. The van der Waals surface area contributed by atoms with Crippen LogP contribution in [-0.2, 0) is 19.8 Å². The first-order valence-corrected chi connectivity index (χ1v) is 7.73. The van der Waals surface area contributed by atoms with E-state index in [0.717, 1.165) is 15.8 Å². The largest absolute Gasteiger partial charge is 0.435 e. The van der Waals surface area contributed by atoms with Crippen LogP contribution in [0.25, 0.3) is 0 Å². The van der Waals surface area contributed by atoms with E-state index in [-0.39, 0.29) is 5.69 Å². The third kappa shape index (κ3) is 3.93. The number of amides is 1. The van der Waals surface area contributed by atoms with Gasteiger partial charge in [0.25, 0.3) is 5.91 Å². The molecular formula is C17H16F3N5O. The Labute approximate surface area is 147 Å². The summed E-state index contributed by atoms with van der Waals surface area (Å²) in [7, 11) is 1.28. The Bertz CT molecular complexity index is 925. The van der Waals surface area contributed by atoms with Gasteiger partial charge in [-0.25, -0.2) is 0 Å². The molecule has 1 amide bonds. The molecule has 0 aliphatic heterocycles. The summed E-state index contributed by atoms with van der Waals surface area (Å²) < 4.78 is 40.6. The van der Waals surface area contributed by atoms with Gasteiger partial charge in [0.05, 0.1) is 18.4 Å². The molecule has 0 radical (unpaired) electrons. The molecule has 0 atom stereocenters. The van der Waals surface area contributed by atoms with Crippen LogP contribution in [0.15, 0.2) is 42.7 Å². The van der Waals surface area contributed by atoms with Crippen LogP contribution in [0.5, 0.6) is 0 Å². The number of hydrogen-bond donors (Lipinski definition) is 1. The van der Waals surface area contributed by atoms with E-state index in [1.165, 1.54) is 13.2 Å². The average Bonchev–Trinajstić information content (AvgIpc) is 3.16. The molecule has 3 aromatic rings. The first kappa shape index (κ1) is 17.7. The Morgan fingerprint density at radius 2 is 1.92 bits per heavy atom. The maximum Gasteiger partial charge on any atom is 0.435 e. The van der Waals surface area contributed by atoms with Gasteiger partial charge in [0.15, 0.2) is 5.69 Å². The number of nitrogens with zero attached hydrogens (tertiary/aromatic N) is 4. The van der Waals surface area contributed by atoms with E-state index in [2.05, 4.69) is 15.5 Å². The lowest BCUT2D eigenvalue weighted by atomic mass is 10.1. The van der Waals surface area contributed by atoms with Crippen LogP contribution in [0, 0.1) is 6.92 Å². The lowest BCUT2D eigenvalue weighted by molar-refractivity contribution is -0.141. The fourth-order valence-corrected chi connectivity index (χ4v) is 2.41. The highest BCUT2D eigenvalue weighted by atomic mass is 19.4. The van der Waals surface area contributed by atoms with Crippen LogP contribution in [0.2, 0.25) is 0 Å². The van der Waals surface area contributed by atoms with E-state index in [0.29, 0.717) is 18.3 Å². The molecule has 1 N–H and O–H groups in total. The molecule has 0 bridgehead atoms. The van der Waals surface area contributed by atoms with Gasteiger partial charge in [-0.05, 0) is 12.5 Å². The van der Waals surface area contributed by atoms with E-state index in [1.54, 1.807) is 10.9 Å². The number of aryl methyl sites for hydroxylation is 2. The minimum atomic E-state index is -4.60. The Balaban J connectivity index is 1.70. The van der Waals surface area contributed by atoms with Gasteiger partial charge in [-0.15, -0.1) is 0 Å². The van der Waals surface area contributed by atoms with Gasteiger partial charge in [0, 0.05) is 19.3 Å². The number of aromatic nitrogens is 4. The Kier molecular flexibility index (Phi) is 4.54. The zero-order chi connectivity index (χ0) is 18.9. The number of halogens is 3. The number of hydrogen-bond acceptors (Lipinski definition) is 3. The lowest BCUT2D eigenvalue weighted by Crippen LogP contribution is -2.15. The minimum absolute atomic E-state index is 0.191. The average molecular weight is 363 g/mol. The maximum atomic E-state index is 12.7. The normalized spacial score (nSPS) is 11.6. The number of nitrogens with one attached hydrogen (secondary N) is 1. The van der Waals surface area contributed by atoms with Crippen molar-refractivity contribution in [1.82, 2.24) is 19.6 Å². The van der Waals surface area contributed by atoms with Crippen molar-refractivity contribution in [2.24, 2.45) is 7.05 Å². The molecule has 0 unspecified atom stereocenters. The van der Waals surface area contributed by atoms with Crippen LogP contribution < -0.4 is 5.32 Å². The van der Waals surface area contributed by atoms with Crippen molar-refractivity contribution in [2.45, 2.75) is 19.6 Å². The fourth-order valence-electron chi connectivity index (χ4n) is 2.41. The smallest absolute Gasteiger partial charge is 0.318 e. The van der Waals surface area contributed by atoms with Gasteiger partial charge < -0.3 is 5.32 Å². The van der Waals surface area contributed by atoms with Gasteiger partial charge in [-0.2, -0.15) is 23.4 Å². The number of alkyl halides is 3. The second-order valence-corrected chi connectivity index (χ2v) is 5.90. The first-order valence-electron chi connectivity index (χ1n) is 7.73. The summed E-state index contributed by atoms with van der Waals surface area (Å²) in [6, 6.07) is 8.64. The molecule has 3 rings (SSSR count). The van der Waals surface area contributed by atoms with Gasteiger partial charge in [-0.3, -0.25) is 14.2 Å². The SMILES string of the molecule is Cc1ccc(Cn2cc(NC(=O)c3cc(C(F)(F)F)nn3C)cn2)cc1. The Morgan fingerprint density at radius 3 is 2.54 bits per heavy atom. The van der Waals surface area contributed by atoms with Crippen LogP contribution in [0.4, 0.5) is 18.9 Å². The lowest BCUT2D eigenvalue weighted by Gasteiger charge is -2.03. The molecule has 0 aliphatic carbocycles. The van der Waals surface area contributed by atoms with Crippen molar-refractivity contribution < 1.29 is 18.0 Å². The summed E-state index contributed by atoms with van der Waals surface area (Å²) in [6.07, 6.45) is -1.55. The highest BCUT2D eigenvalue weighted by molar-refractivity contribution is 6.03. The van der Waals surface area contributed by atoms with Crippen LogP contribution in [0.1, 0.15) is 27.3 Å². The number of carbonyl (C=O) groups is 1. The molecule has 0 fully saturated rings. The molecule has 0 aliphatic rings. The fraction of sp³-hybridized carbons (Fsp3) is 0.235.